The molecule has 0 radical (unpaired) electrons. The Hall–Kier alpha value is -3.94. The van der Waals surface area contributed by atoms with E-state index in [1.165, 1.54) is 40.2 Å². The molecule has 1 fully saturated rings. The van der Waals surface area contributed by atoms with E-state index in [2.05, 4.69) is 23.6 Å². The predicted molar refractivity (Wildman–Crippen MR) is 139 cm³/mol. The maximum absolute atomic E-state index is 14.6. The van der Waals surface area contributed by atoms with Crippen molar-refractivity contribution >= 4 is 54.3 Å². The van der Waals surface area contributed by atoms with Gasteiger partial charge in [0.15, 0.2) is 0 Å². The number of carbonyl (C=O) groups is 3. The van der Waals surface area contributed by atoms with E-state index < -0.39 is 57.5 Å². The van der Waals surface area contributed by atoms with Gasteiger partial charge in [-0.25, -0.2) is 0 Å². The predicted octanol–water partition coefficient (Wildman–Crippen LogP) is 1.54. The van der Waals surface area contributed by atoms with Gasteiger partial charge in [0.05, 0.1) is 0 Å². The fourth-order valence-corrected chi connectivity index (χ4v) is 11.8. The number of aryl methyl sites for hydroxylation is 1. The number of nitrogens with zero attached hydrogens (tertiary/aromatic N) is 6. The van der Waals surface area contributed by atoms with Crippen molar-refractivity contribution in [3.05, 3.63) is 71.9 Å². The summed E-state index contributed by atoms with van der Waals surface area (Å²) in [5.41, 5.74) is 6.87. The van der Waals surface area contributed by atoms with Gasteiger partial charge in [0.1, 0.15) is 0 Å². The fourth-order valence-electron chi connectivity index (χ4n) is 4.74. The van der Waals surface area contributed by atoms with Crippen molar-refractivity contribution < 1.29 is 23.2 Å². The Balaban J connectivity index is 1.35. The summed E-state index contributed by atoms with van der Waals surface area (Å²) in [7, 11) is 0. The van der Waals surface area contributed by atoms with Crippen molar-refractivity contribution in [2.45, 2.75) is 29.7 Å². The molecule has 5 rings (SSSR count). The number of amides is 3. The maximum atomic E-state index is 14.6. The van der Waals surface area contributed by atoms with Gasteiger partial charge in [0.2, 0.25) is 0 Å². The van der Waals surface area contributed by atoms with Crippen LogP contribution in [0.1, 0.15) is 17.7 Å². The van der Waals surface area contributed by atoms with Crippen LogP contribution >= 0.6 is 0 Å². The number of primary amides is 1. The molecule has 2 aliphatic heterocycles. The van der Waals surface area contributed by atoms with Gasteiger partial charge in [-0.2, -0.15) is 0 Å². The molecule has 0 bridgehead atoms. The third-order valence-electron chi connectivity index (χ3n) is 6.52. The molecule has 2 aliphatic rings. The summed E-state index contributed by atoms with van der Waals surface area (Å²) in [5.74, 6) is -2.09. The summed E-state index contributed by atoms with van der Waals surface area (Å²) < 4.78 is 35.5. The minimum absolute atomic E-state index is 0.0185. The monoisotopic (exact) mass is 636 g/mol. The number of nitrogens with two attached hydrogens (primary N) is 1. The molecule has 2 aromatic heterocycles. The van der Waals surface area contributed by atoms with E-state index in [9.17, 15) is 23.2 Å². The topological polar surface area (TPSA) is 148 Å². The molecule has 1 saturated heterocycles. The molecule has 3 N–H and O–H groups in total. The number of carbonyl (C=O) groups excluding carboxylic acids is 3. The van der Waals surface area contributed by atoms with Crippen LogP contribution in [-0.4, -0.2) is 88.8 Å². The number of benzene rings is 1. The molecule has 11 nitrogen and oxygen atoms in total. The molecule has 3 aromatic rings. The van der Waals surface area contributed by atoms with Crippen molar-refractivity contribution in [1.82, 2.24) is 24.9 Å². The van der Waals surface area contributed by atoms with Crippen molar-refractivity contribution in [2.24, 2.45) is 8.71 Å². The Morgan fingerprint density at radius 1 is 1.21 bits per heavy atom. The van der Waals surface area contributed by atoms with E-state index in [-0.39, 0.29) is 34.4 Å². The first-order valence-electron chi connectivity index (χ1n) is 12.1. The van der Waals surface area contributed by atoms with Gasteiger partial charge in [0.25, 0.3) is 0 Å². The number of nitrogens with one attached hydrogen (secondary N) is 1. The summed E-state index contributed by atoms with van der Waals surface area (Å²) >= 11 is -3.34. The zero-order valence-corrected chi connectivity index (χ0v) is 24.1. The summed E-state index contributed by atoms with van der Waals surface area (Å²) in [6.07, 6.45) is 3.00. The Bertz CT molecular complexity index is 1510. The third-order valence-corrected chi connectivity index (χ3v) is 13.8. The molecule has 0 saturated carbocycles. The molecule has 4 heterocycles. The SMILES string of the molecule is Cc1cc(NC(=O)[C@@H]2C[C@@H](F)CN2C(=O)[CH2][In]2[N]=C(C(N)=O)C=[C]2c2ccnnc2)n(-c2ccccc2F)n1. The quantitative estimate of drug-likeness (QED) is 0.402. The molecule has 1 aromatic carbocycles. The van der Waals surface area contributed by atoms with Crippen LogP contribution < -0.4 is 11.1 Å². The number of alkyl halides is 1. The Morgan fingerprint density at radius 3 is 2.72 bits per heavy atom. The van der Waals surface area contributed by atoms with Gasteiger partial charge in [0, 0.05) is 0 Å². The van der Waals surface area contributed by atoms with E-state index in [4.69, 9.17) is 5.73 Å². The van der Waals surface area contributed by atoms with Crippen LogP contribution in [0.4, 0.5) is 14.6 Å². The van der Waals surface area contributed by atoms with Crippen LogP contribution in [0.5, 0.6) is 0 Å². The number of hydrogen-bond donors (Lipinski definition) is 2. The number of anilines is 1. The van der Waals surface area contributed by atoms with E-state index in [0.717, 1.165) is 3.33 Å². The van der Waals surface area contributed by atoms with Crippen LogP contribution in [0.15, 0.2) is 57.8 Å². The van der Waals surface area contributed by atoms with Crippen LogP contribution in [0.3, 0.4) is 0 Å². The van der Waals surface area contributed by atoms with E-state index in [0.29, 0.717) is 11.3 Å². The van der Waals surface area contributed by atoms with Gasteiger partial charge in [-0.15, -0.1) is 0 Å². The van der Waals surface area contributed by atoms with Gasteiger partial charge >= 0.3 is 230 Å². The Labute approximate surface area is 229 Å². The van der Waals surface area contributed by atoms with Crippen LogP contribution in [0.2, 0.25) is 4.18 Å². The minimum atomic E-state index is -3.34. The molecule has 198 valence electrons. The second-order valence-corrected chi connectivity index (χ2v) is 15.9. The Morgan fingerprint density at radius 2 is 2.00 bits per heavy atom. The molecule has 3 amide bonds. The van der Waals surface area contributed by atoms with Crippen molar-refractivity contribution in [3.63, 3.8) is 0 Å². The third kappa shape index (κ3) is 5.60. The number of rotatable bonds is 7. The number of para-hydroxylation sites is 1. The average molecular weight is 636 g/mol. The number of likely N-dealkylation sites (tertiary alicyclic amines) is 1. The molecule has 0 spiro atoms. The first-order valence-corrected chi connectivity index (χ1v) is 17.6. The molecular formula is C25H23F2InN8O3. The molecule has 0 unspecified atom stereocenters. The first-order chi connectivity index (χ1) is 18.7. The van der Waals surface area contributed by atoms with Gasteiger partial charge in [-0.05, 0) is 0 Å². The van der Waals surface area contributed by atoms with Crippen molar-refractivity contribution in [2.75, 3.05) is 11.9 Å². The summed E-state index contributed by atoms with van der Waals surface area (Å²) in [5, 5.41) is 14.6. The zero-order chi connectivity index (χ0) is 27.7. The second kappa shape index (κ2) is 11.0. The average Bonchev–Trinajstić information content (AvgIpc) is 3.61. The molecule has 2 atom stereocenters. The Kier molecular flexibility index (Phi) is 7.55. The number of aromatic nitrogens is 4. The summed E-state index contributed by atoms with van der Waals surface area (Å²) in [6, 6.07) is 8.14. The van der Waals surface area contributed by atoms with Gasteiger partial charge in [-0.1, -0.05) is 0 Å². The summed E-state index contributed by atoms with van der Waals surface area (Å²) in [4.78, 5) is 39.8. The number of hydrogen-bond acceptors (Lipinski definition) is 7. The molecule has 39 heavy (non-hydrogen) atoms. The van der Waals surface area contributed by atoms with Crippen LogP contribution in [0, 0.1) is 12.7 Å². The summed E-state index contributed by atoms with van der Waals surface area (Å²) in [6.45, 7) is 1.44. The zero-order valence-electron chi connectivity index (χ0n) is 20.8. The fraction of sp³-hybridized carbons (Fsp3) is 0.240. The van der Waals surface area contributed by atoms with Crippen LogP contribution in [-0.2, 0) is 14.4 Å². The molecule has 14 heteroatoms. The van der Waals surface area contributed by atoms with Gasteiger partial charge < -0.3 is 0 Å². The molecule has 0 aliphatic carbocycles. The van der Waals surface area contributed by atoms with Crippen LogP contribution in [0.25, 0.3) is 9.02 Å². The first kappa shape index (κ1) is 26.7. The van der Waals surface area contributed by atoms with E-state index in [1.54, 1.807) is 31.2 Å². The standard InChI is InChI=1S/C17H17F2N4O2.C8H6N4O.In/c1-10-7-16(23(21-10)14-6-4-3-5-13(14)19)20-17(25)15-8-12(18)9-22(15)11(2)24;9-7(8(10)13)2-1-6-3-4-11-12-5-6;/h3-7,12,15H,2,8-9H2,1H3,(H,20,25);2-5H,(H2,10,13);/q;-1;+1/t12-,15+;;/m1../s1. The normalized spacial score (nSPS) is 18.6. The second-order valence-electron chi connectivity index (χ2n) is 9.25. The molecular weight excluding hydrogens is 613 g/mol. The number of halogens is 2. The van der Waals surface area contributed by atoms with Gasteiger partial charge in [-0.3, -0.25) is 0 Å². The van der Waals surface area contributed by atoms with E-state index in [1.807, 2.05) is 0 Å². The van der Waals surface area contributed by atoms with Crippen molar-refractivity contribution in [3.8, 4) is 5.69 Å². The van der Waals surface area contributed by atoms with Crippen molar-refractivity contribution in [1.29, 1.82) is 0 Å². The van der Waals surface area contributed by atoms with E-state index >= 15 is 0 Å².